The summed E-state index contributed by atoms with van der Waals surface area (Å²) in [6, 6.07) is 6.37. The summed E-state index contributed by atoms with van der Waals surface area (Å²) in [5.41, 5.74) is 15.3. The maximum Gasteiger partial charge on any atom is 0.227 e. The number of rotatable bonds is 6. The number of nitrogens with one attached hydrogen (secondary N) is 2. The summed E-state index contributed by atoms with van der Waals surface area (Å²) in [6.07, 6.45) is 5.83. The Hall–Kier alpha value is -3.07. The second-order valence-electron chi connectivity index (χ2n) is 7.57. The maximum absolute atomic E-state index is 6.20. The van der Waals surface area contributed by atoms with Gasteiger partial charge in [-0.15, -0.1) is 0 Å². The number of hydrogen-bond acceptors (Lipinski definition) is 8. The van der Waals surface area contributed by atoms with Crippen LogP contribution in [0.25, 0.3) is 11.2 Å². The SMILES string of the molecule is COc1cccc(CNc2nc(NC3CCC(N)CC3)nc3c2ncn3C)c1N. The Morgan fingerprint density at radius 1 is 1.21 bits per heavy atom. The van der Waals surface area contributed by atoms with Gasteiger partial charge in [0.2, 0.25) is 5.95 Å². The largest absolute Gasteiger partial charge is 0.495 e. The van der Waals surface area contributed by atoms with Gasteiger partial charge >= 0.3 is 0 Å². The lowest BCUT2D eigenvalue weighted by Gasteiger charge is -2.26. The molecule has 0 saturated heterocycles. The number of fused-ring (bicyclic) bond motifs is 1. The molecule has 1 fully saturated rings. The normalized spacial score (nSPS) is 19.3. The lowest BCUT2D eigenvalue weighted by atomic mass is 9.92. The van der Waals surface area contributed by atoms with Crippen molar-refractivity contribution in [1.29, 1.82) is 0 Å². The Morgan fingerprint density at radius 2 is 2.00 bits per heavy atom. The van der Waals surface area contributed by atoms with Gasteiger partial charge in [-0.2, -0.15) is 9.97 Å². The number of hydrogen-bond donors (Lipinski definition) is 4. The average Bonchev–Trinajstić information content (AvgIpc) is 3.10. The fraction of sp³-hybridized carbons (Fsp3) is 0.450. The summed E-state index contributed by atoms with van der Waals surface area (Å²) in [6.45, 7) is 0.503. The van der Waals surface area contributed by atoms with Crippen molar-refractivity contribution in [2.45, 2.75) is 44.3 Å². The van der Waals surface area contributed by atoms with Crippen LogP contribution in [0.5, 0.6) is 5.75 Å². The zero-order chi connectivity index (χ0) is 20.4. The van der Waals surface area contributed by atoms with E-state index in [1.807, 2.05) is 29.8 Å². The van der Waals surface area contributed by atoms with Gasteiger partial charge in [0.1, 0.15) is 5.75 Å². The first-order valence-electron chi connectivity index (χ1n) is 9.91. The molecule has 6 N–H and O–H groups in total. The van der Waals surface area contributed by atoms with Gasteiger partial charge in [-0.05, 0) is 37.3 Å². The summed E-state index contributed by atoms with van der Waals surface area (Å²) >= 11 is 0. The molecule has 1 aromatic carbocycles. The number of imidazole rings is 1. The smallest absolute Gasteiger partial charge is 0.227 e. The lowest BCUT2D eigenvalue weighted by Crippen LogP contribution is -2.33. The van der Waals surface area contributed by atoms with Crippen molar-refractivity contribution in [3.8, 4) is 5.75 Å². The molecule has 1 aliphatic rings. The predicted molar refractivity (Wildman–Crippen MR) is 115 cm³/mol. The molecule has 0 radical (unpaired) electrons. The number of ether oxygens (including phenoxy) is 1. The van der Waals surface area contributed by atoms with Gasteiger partial charge in [-0.1, -0.05) is 12.1 Å². The van der Waals surface area contributed by atoms with Gasteiger partial charge < -0.3 is 31.4 Å². The number of anilines is 3. The number of methoxy groups -OCH3 is 1. The quantitative estimate of drug-likeness (QED) is 0.467. The van der Waals surface area contributed by atoms with E-state index in [9.17, 15) is 0 Å². The monoisotopic (exact) mass is 396 g/mol. The number of aryl methyl sites for hydroxylation is 1. The highest BCUT2D eigenvalue weighted by Crippen LogP contribution is 2.27. The molecule has 2 heterocycles. The molecule has 2 aromatic heterocycles. The molecule has 9 heteroatoms. The number of aromatic nitrogens is 4. The van der Waals surface area contributed by atoms with Crippen LogP contribution < -0.4 is 26.8 Å². The van der Waals surface area contributed by atoms with Gasteiger partial charge in [0.15, 0.2) is 17.0 Å². The highest BCUT2D eigenvalue weighted by atomic mass is 16.5. The van der Waals surface area contributed by atoms with Gasteiger partial charge in [0.05, 0.1) is 19.1 Å². The van der Waals surface area contributed by atoms with Crippen molar-refractivity contribution in [3.05, 3.63) is 30.1 Å². The second kappa shape index (κ2) is 8.12. The van der Waals surface area contributed by atoms with Crippen molar-refractivity contribution < 1.29 is 4.74 Å². The zero-order valence-electron chi connectivity index (χ0n) is 16.9. The molecule has 0 aliphatic heterocycles. The predicted octanol–water partition coefficient (Wildman–Crippen LogP) is 2.25. The molecular formula is C20H28N8O. The van der Waals surface area contributed by atoms with E-state index in [1.165, 1.54) is 0 Å². The summed E-state index contributed by atoms with van der Waals surface area (Å²) in [5.74, 6) is 1.93. The average molecular weight is 396 g/mol. The molecule has 0 amide bonds. The Kier molecular flexibility index (Phi) is 5.39. The molecule has 0 bridgehead atoms. The van der Waals surface area contributed by atoms with Crippen molar-refractivity contribution >= 4 is 28.6 Å². The first kappa shape index (κ1) is 19.3. The molecule has 154 valence electrons. The second-order valence-corrected chi connectivity index (χ2v) is 7.57. The number of nitrogen functional groups attached to an aromatic ring is 1. The highest BCUT2D eigenvalue weighted by Gasteiger charge is 2.20. The van der Waals surface area contributed by atoms with Crippen LogP contribution in [0.3, 0.4) is 0 Å². The van der Waals surface area contributed by atoms with Crippen molar-refractivity contribution in [2.24, 2.45) is 12.8 Å². The Labute approximate surface area is 169 Å². The molecule has 3 aromatic rings. The van der Waals surface area contributed by atoms with E-state index in [0.29, 0.717) is 41.8 Å². The number of nitrogens with two attached hydrogens (primary N) is 2. The zero-order valence-corrected chi connectivity index (χ0v) is 16.9. The third-order valence-electron chi connectivity index (χ3n) is 5.49. The summed E-state index contributed by atoms with van der Waals surface area (Å²) in [7, 11) is 3.54. The number of benzene rings is 1. The van der Waals surface area contributed by atoms with E-state index in [1.54, 1.807) is 13.4 Å². The standard InChI is InChI=1S/C20H28N8O/c1-28-11-24-17-18(23-10-12-4-3-5-15(29-2)16(12)22)26-20(27-19(17)28)25-14-8-6-13(21)7-9-14/h3-5,11,13-14H,6-10,21-22H2,1-2H3,(H2,23,25,26,27). The van der Waals surface area contributed by atoms with Gasteiger partial charge in [-0.25, -0.2) is 4.98 Å². The molecule has 1 saturated carbocycles. The van der Waals surface area contributed by atoms with Crippen LogP contribution in [0.4, 0.5) is 17.5 Å². The molecule has 0 unspecified atom stereocenters. The molecule has 0 atom stereocenters. The van der Waals surface area contributed by atoms with Crippen molar-refractivity contribution in [3.63, 3.8) is 0 Å². The third-order valence-corrected chi connectivity index (χ3v) is 5.49. The maximum atomic E-state index is 6.20. The highest BCUT2D eigenvalue weighted by molar-refractivity contribution is 5.84. The van der Waals surface area contributed by atoms with Gasteiger partial charge in [0, 0.05) is 25.7 Å². The fourth-order valence-corrected chi connectivity index (χ4v) is 3.74. The van der Waals surface area contributed by atoms with Crippen LogP contribution in [-0.4, -0.2) is 38.7 Å². The Balaban J connectivity index is 1.58. The van der Waals surface area contributed by atoms with Gasteiger partial charge in [0.25, 0.3) is 0 Å². The van der Waals surface area contributed by atoms with E-state index in [4.69, 9.17) is 21.2 Å². The molecule has 29 heavy (non-hydrogen) atoms. The molecule has 9 nitrogen and oxygen atoms in total. The van der Waals surface area contributed by atoms with Crippen LogP contribution in [0.15, 0.2) is 24.5 Å². The van der Waals surface area contributed by atoms with Crippen molar-refractivity contribution in [2.75, 3.05) is 23.5 Å². The first-order chi connectivity index (χ1) is 14.0. The summed E-state index contributed by atoms with van der Waals surface area (Å²) in [5, 5.41) is 6.85. The molecule has 0 spiro atoms. The van der Waals surface area contributed by atoms with E-state index in [-0.39, 0.29) is 0 Å². The number of para-hydroxylation sites is 1. The topological polar surface area (TPSA) is 129 Å². The third kappa shape index (κ3) is 4.04. The summed E-state index contributed by atoms with van der Waals surface area (Å²) in [4.78, 5) is 13.8. The number of nitrogens with zero attached hydrogens (tertiary/aromatic N) is 4. The van der Waals surface area contributed by atoms with E-state index in [2.05, 4.69) is 20.6 Å². The minimum absolute atomic E-state index is 0.305. The van der Waals surface area contributed by atoms with Crippen molar-refractivity contribution in [1.82, 2.24) is 19.5 Å². The molecular weight excluding hydrogens is 368 g/mol. The van der Waals surface area contributed by atoms with Crippen LogP contribution in [-0.2, 0) is 13.6 Å². The van der Waals surface area contributed by atoms with E-state index in [0.717, 1.165) is 42.4 Å². The van der Waals surface area contributed by atoms with E-state index < -0.39 is 0 Å². The Bertz CT molecular complexity index is 994. The molecule has 4 rings (SSSR count). The Morgan fingerprint density at radius 3 is 2.76 bits per heavy atom. The minimum atomic E-state index is 0.305. The minimum Gasteiger partial charge on any atom is -0.495 e. The van der Waals surface area contributed by atoms with Gasteiger partial charge in [-0.3, -0.25) is 0 Å². The summed E-state index contributed by atoms with van der Waals surface area (Å²) < 4.78 is 7.20. The van der Waals surface area contributed by atoms with Crippen LogP contribution in [0.2, 0.25) is 0 Å². The first-order valence-corrected chi connectivity index (χ1v) is 9.91. The molecule has 1 aliphatic carbocycles. The fourth-order valence-electron chi connectivity index (χ4n) is 3.74. The van der Waals surface area contributed by atoms with E-state index >= 15 is 0 Å². The van der Waals surface area contributed by atoms with Crippen LogP contribution in [0, 0.1) is 0 Å². The lowest BCUT2D eigenvalue weighted by molar-refractivity contribution is 0.410. The van der Waals surface area contributed by atoms with Crippen LogP contribution >= 0.6 is 0 Å². The van der Waals surface area contributed by atoms with Crippen LogP contribution in [0.1, 0.15) is 31.2 Å².